The molecular formula is C14H21N3O. The van der Waals surface area contributed by atoms with Gasteiger partial charge >= 0.3 is 6.03 Å². The summed E-state index contributed by atoms with van der Waals surface area (Å²) >= 11 is 0. The van der Waals surface area contributed by atoms with Crippen molar-refractivity contribution in [2.75, 3.05) is 13.1 Å². The van der Waals surface area contributed by atoms with E-state index < -0.39 is 0 Å². The first-order chi connectivity index (χ1) is 8.77. The average Bonchev–Trinajstić information content (AvgIpc) is 2.42. The van der Waals surface area contributed by atoms with Crippen LogP contribution in [-0.2, 0) is 6.54 Å². The summed E-state index contributed by atoms with van der Waals surface area (Å²) in [6.45, 7) is 3.93. The van der Waals surface area contributed by atoms with Crippen molar-refractivity contribution >= 4 is 12.2 Å². The van der Waals surface area contributed by atoms with Gasteiger partial charge in [0.1, 0.15) is 0 Å². The van der Waals surface area contributed by atoms with E-state index in [9.17, 15) is 4.79 Å². The summed E-state index contributed by atoms with van der Waals surface area (Å²) in [4.78, 5) is 13.7. The maximum Gasteiger partial charge on any atom is 0.317 e. The molecule has 0 aliphatic carbocycles. The minimum absolute atomic E-state index is 0.0532. The van der Waals surface area contributed by atoms with Crippen molar-refractivity contribution in [1.29, 1.82) is 5.41 Å². The van der Waals surface area contributed by atoms with Crippen molar-refractivity contribution in [3.63, 3.8) is 0 Å². The molecule has 4 nitrogen and oxygen atoms in total. The molecule has 1 aromatic carbocycles. The van der Waals surface area contributed by atoms with Crippen molar-refractivity contribution in [2.45, 2.75) is 26.3 Å². The topological polar surface area (TPSA) is 56.2 Å². The van der Waals surface area contributed by atoms with Gasteiger partial charge in [0.2, 0.25) is 0 Å². The fourth-order valence-corrected chi connectivity index (χ4v) is 1.69. The molecule has 0 heterocycles. The van der Waals surface area contributed by atoms with Crippen LogP contribution in [0.2, 0.25) is 0 Å². The number of nitrogens with one attached hydrogen (secondary N) is 2. The number of benzene rings is 1. The van der Waals surface area contributed by atoms with E-state index >= 15 is 0 Å². The molecule has 0 saturated heterocycles. The monoisotopic (exact) mass is 247 g/mol. The number of carbonyl (C=O) groups excluding carboxylic acids is 1. The van der Waals surface area contributed by atoms with Gasteiger partial charge in [-0.2, -0.15) is 0 Å². The van der Waals surface area contributed by atoms with Gasteiger partial charge in [-0.3, -0.25) is 0 Å². The zero-order valence-electron chi connectivity index (χ0n) is 10.9. The molecule has 0 aromatic heterocycles. The predicted octanol–water partition coefficient (Wildman–Crippen LogP) is 2.65. The van der Waals surface area contributed by atoms with Crippen LogP contribution in [0.1, 0.15) is 25.3 Å². The lowest BCUT2D eigenvalue weighted by atomic mass is 10.2. The van der Waals surface area contributed by atoms with Gasteiger partial charge in [0.25, 0.3) is 0 Å². The Labute approximate surface area is 109 Å². The highest BCUT2D eigenvalue weighted by molar-refractivity contribution is 5.74. The summed E-state index contributed by atoms with van der Waals surface area (Å²) in [5, 5.41) is 9.93. The van der Waals surface area contributed by atoms with Crippen molar-refractivity contribution in [2.24, 2.45) is 0 Å². The summed E-state index contributed by atoms with van der Waals surface area (Å²) in [6, 6.07) is 9.80. The highest BCUT2D eigenvalue weighted by atomic mass is 16.2. The van der Waals surface area contributed by atoms with Gasteiger partial charge in [0, 0.05) is 19.6 Å². The summed E-state index contributed by atoms with van der Waals surface area (Å²) in [6.07, 6.45) is 2.88. The number of carbonyl (C=O) groups is 1. The van der Waals surface area contributed by atoms with Gasteiger partial charge in [-0.1, -0.05) is 37.3 Å². The minimum atomic E-state index is -0.0532. The Morgan fingerprint density at radius 1 is 1.33 bits per heavy atom. The average molecular weight is 247 g/mol. The van der Waals surface area contributed by atoms with E-state index in [1.54, 1.807) is 4.90 Å². The van der Waals surface area contributed by atoms with Crippen LogP contribution in [0.3, 0.4) is 0 Å². The smallest absolute Gasteiger partial charge is 0.317 e. The van der Waals surface area contributed by atoms with Crippen LogP contribution in [0, 0.1) is 5.41 Å². The highest BCUT2D eigenvalue weighted by Gasteiger charge is 2.10. The van der Waals surface area contributed by atoms with Crippen molar-refractivity contribution in [1.82, 2.24) is 10.2 Å². The van der Waals surface area contributed by atoms with Crippen LogP contribution in [0.4, 0.5) is 4.79 Å². The molecule has 18 heavy (non-hydrogen) atoms. The molecule has 0 aliphatic heterocycles. The first kappa shape index (κ1) is 14.2. The highest BCUT2D eigenvalue weighted by Crippen LogP contribution is 1.99. The molecule has 4 heteroatoms. The lowest BCUT2D eigenvalue weighted by Gasteiger charge is -2.21. The molecule has 1 rings (SSSR count). The minimum Gasteiger partial charge on any atom is -0.334 e. The summed E-state index contributed by atoms with van der Waals surface area (Å²) in [5.41, 5.74) is 1.09. The van der Waals surface area contributed by atoms with Crippen LogP contribution < -0.4 is 5.32 Å². The molecule has 0 aliphatic rings. The maximum absolute atomic E-state index is 12.0. The zero-order chi connectivity index (χ0) is 13.2. The molecule has 0 radical (unpaired) electrons. The molecule has 0 bridgehead atoms. The van der Waals surface area contributed by atoms with E-state index in [2.05, 4.69) is 5.32 Å². The first-order valence-corrected chi connectivity index (χ1v) is 6.33. The lowest BCUT2D eigenvalue weighted by molar-refractivity contribution is 0.199. The van der Waals surface area contributed by atoms with Crippen molar-refractivity contribution in [3.8, 4) is 0 Å². The Morgan fingerprint density at radius 2 is 2.06 bits per heavy atom. The Balaban J connectivity index is 2.43. The van der Waals surface area contributed by atoms with E-state index in [0.29, 0.717) is 19.5 Å². The largest absolute Gasteiger partial charge is 0.334 e. The van der Waals surface area contributed by atoms with Gasteiger partial charge in [-0.05, 0) is 24.6 Å². The normalized spacial score (nSPS) is 9.83. The summed E-state index contributed by atoms with van der Waals surface area (Å²) in [5.74, 6) is 0. The van der Waals surface area contributed by atoms with Crippen LogP contribution in [0.5, 0.6) is 0 Å². The number of hydrogen-bond acceptors (Lipinski definition) is 2. The first-order valence-electron chi connectivity index (χ1n) is 6.33. The lowest BCUT2D eigenvalue weighted by Crippen LogP contribution is -2.40. The van der Waals surface area contributed by atoms with E-state index in [1.807, 2.05) is 37.3 Å². The molecule has 98 valence electrons. The van der Waals surface area contributed by atoms with Crippen molar-refractivity contribution in [3.05, 3.63) is 35.9 Å². The summed E-state index contributed by atoms with van der Waals surface area (Å²) in [7, 11) is 0. The van der Waals surface area contributed by atoms with Gasteiger partial charge in [-0.25, -0.2) is 4.79 Å². The molecule has 2 amide bonds. The molecule has 0 unspecified atom stereocenters. The Morgan fingerprint density at radius 3 is 2.67 bits per heavy atom. The Hall–Kier alpha value is -1.84. The van der Waals surface area contributed by atoms with E-state index in [1.165, 1.54) is 6.21 Å². The number of amides is 2. The number of hydrogen-bond donors (Lipinski definition) is 2. The second-order valence-corrected chi connectivity index (χ2v) is 4.12. The molecule has 2 N–H and O–H groups in total. The number of rotatable bonds is 7. The summed E-state index contributed by atoms with van der Waals surface area (Å²) < 4.78 is 0. The van der Waals surface area contributed by atoms with Gasteiger partial charge < -0.3 is 15.6 Å². The molecule has 0 atom stereocenters. The second-order valence-electron chi connectivity index (χ2n) is 4.12. The van der Waals surface area contributed by atoms with Gasteiger partial charge in [-0.15, -0.1) is 0 Å². The fourth-order valence-electron chi connectivity index (χ4n) is 1.69. The second kappa shape index (κ2) is 8.28. The molecular weight excluding hydrogens is 226 g/mol. The van der Waals surface area contributed by atoms with Crippen LogP contribution >= 0.6 is 0 Å². The van der Waals surface area contributed by atoms with Crippen molar-refractivity contribution < 1.29 is 4.79 Å². The molecule has 0 spiro atoms. The van der Waals surface area contributed by atoms with Crippen LogP contribution in [0.15, 0.2) is 30.3 Å². The number of nitrogens with zero attached hydrogens (tertiary/aromatic N) is 1. The quantitative estimate of drug-likeness (QED) is 0.715. The Bertz CT molecular complexity index is 365. The third-order valence-corrected chi connectivity index (χ3v) is 2.61. The van der Waals surface area contributed by atoms with Crippen LogP contribution in [0.25, 0.3) is 0 Å². The van der Waals surface area contributed by atoms with E-state index in [-0.39, 0.29) is 6.03 Å². The molecule has 1 aromatic rings. The number of urea groups is 1. The molecule has 0 fully saturated rings. The van der Waals surface area contributed by atoms with Gasteiger partial charge in [0.05, 0.1) is 0 Å². The van der Waals surface area contributed by atoms with Gasteiger partial charge in [0.15, 0.2) is 0 Å². The molecule has 0 saturated carbocycles. The van der Waals surface area contributed by atoms with E-state index in [4.69, 9.17) is 5.41 Å². The van der Waals surface area contributed by atoms with Crippen LogP contribution in [-0.4, -0.2) is 30.2 Å². The standard InChI is InChI=1S/C14H21N3O/c1-2-10-17(11-6-9-15)14(18)16-12-13-7-4-3-5-8-13/h3-5,7-9,15H,2,6,10-12H2,1H3,(H,16,18). The zero-order valence-corrected chi connectivity index (χ0v) is 10.9. The SMILES string of the molecule is CCCN(CCC=N)C(=O)NCc1ccccc1. The predicted molar refractivity (Wildman–Crippen MR) is 73.9 cm³/mol. The Kier molecular flexibility index (Phi) is 6.54. The third kappa shape index (κ3) is 4.99. The van der Waals surface area contributed by atoms with E-state index in [0.717, 1.165) is 18.5 Å². The maximum atomic E-state index is 12.0. The third-order valence-electron chi connectivity index (χ3n) is 2.61. The fraction of sp³-hybridized carbons (Fsp3) is 0.429.